The largest absolute Gasteiger partial charge is 0.330 e. The first-order chi connectivity index (χ1) is 3.93. The molecule has 8 heavy (non-hydrogen) atoms. The Hall–Kier alpha value is -0.0200. The zero-order chi connectivity index (χ0) is 5.82. The fourth-order valence-corrected chi connectivity index (χ4v) is 1.52. The molecule has 0 fully saturated rings. The molecule has 0 aliphatic carbocycles. The Labute approximate surface area is 53.6 Å². The first-order valence-corrected chi connectivity index (χ1v) is 3.78. The lowest BCUT2D eigenvalue weighted by molar-refractivity contribution is 1.04. The van der Waals surface area contributed by atoms with Gasteiger partial charge >= 0.3 is 0 Å². The third-order valence-corrected chi connectivity index (χ3v) is 2.06. The molecule has 0 saturated carbocycles. The Morgan fingerprint density at radius 1 is 1.75 bits per heavy atom. The van der Waals surface area contributed by atoms with E-state index in [1.807, 2.05) is 11.8 Å². The zero-order valence-electron chi connectivity index (χ0n) is 4.76. The molecule has 1 aliphatic heterocycles. The van der Waals surface area contributed by atoms with Gasteiger partial charge in [0.1, 0.15) is 0 Å². The highest BCUT2D eigenvalue weighted by Crippen LogP contribution is 2.12. The van der Waals surface area contributed by atoms with Crippen LogP contribution in [-0.2, 0) is 0 Å². The summed E-state index contributed by atoms with van der Waals surface area (Å²) in [7, 11) is 0. The van der Waals surface area contributed by atoms with Crippen molar-refractivity contribution < 1.29 is 0 Å². The van der Waals surface area contributed by atoms with Gasteiger partial charge in [-0.25, -0.2) is 0 Å². The third-order valence-electron chi connectivity index (χ3n) is 1.01. The van der Waals surface area contributed by atoms with E-state index >= 15 is 0 Å². The molecule has 0 bridgehead atoms. The lowest BCUT2D eigenvalue weighted by atomic mass is 10.5. The molecule has 2 N–H and O–H groups in total. The second-order valence-corrected chi connectivity index (χ2v) is 2.83. The van der Waals surface area contributed by atoms with Crippen LogP contribution in [0.25, 0.3) is 0 Å². The van der Waals surface area contributed by atoms with Crippen molar-refractivity contribution in [2.45, 2.75) is 6.42 Å². The average molecular weight is 130 g/mol. The molecule has 0 amide bonds. The van der Waals surface area contributed by atoms with Crippen LogP contribution in [-0.4, -0.2) is 23.9 Å². The van der Waals surface area contributed by atoms with Gasteiger partial charge in [0.2, 0.25) is 0 Å². The highest BCUT2D eigenvalue weighted by Gasteiger charge is 2.03. The summed E-state index contributed by atoms with van der Waals surface area (Å²) in [6.45, 7) is 1.74. The van der Waals surface area contributed by atoms with E-state index in [2.05, 4.69) is 4.99 Å². The highest BCUT2D eigenvalue weighted by molar-refractivity contribution is 8.14. The van der Waals surface area contributed by atoms with Gasteiger partial charge in [-0.15, -0.1) is 11.8 Å². The lowest BCUT2D eigenvalue weighted by Crippen LogP contribution is -2.02. The van der Waals surface area contributed by atoms with Crippen LogP contribution in [0, 0.1) is 0 Å². The van der Waals surface area contributed by atoms with Crippen LogP contribution in [0.4, 0.5) is 0 Å². The predicted molar refractivity (Wildman–Crippen MR) is 38.4 cm³/mol. The number of hydrogen-bond acceptors (Lipinski definition) is 3. The van der Waals surface area contributed by atoms with Gasteiger partial charge in [0.15, 0.2) is 0 Å². The third kappa shape index (κ3) is 1.49. The van der Waals surface area contributed by atoms with Gasteiger partial charge in [-0.05, 0) is 6.54 Å². The highest BCUT2D eigenvalue weighted by atomic mass is 32.2. The minimum absolute atomic E-state index is 0.742. The Morgan fingerprint density at radius 3 is 3.12 bits per heavy atom. The zero-order valence-corrected chi connectivity index (χ0v) is 5.58. The summed E-state index contributed by atoms with van der Waals surface area (Å²) < 4.78 is 0. The first kappa shape index (κ1) is 6.11. The number of nitrogens with zero attached hydrogens (tertiary/aromatic N) is 1. The van der Waals surface area contributed by atoms with Crippen molar-refractivity contribution in [3.8, 4) is 0 Å². The SMILES string of the molecule is NCCC1=NCCS1. The molecule has 3 heteroatoms. The van der Waals surface area contributed by atoms with Crippen LogP contribution in [0.5, 0.6) is 0 Å². The topological polar surface area (TPSA) is 38.4 Å². The van der Waals surface area contributed by atoms with Crippen LogP contribution >= 0.6 is 11.8 Å². The maximum absolute atomic E-state index is 5.31. The van der Waals surface area contributed by atoms with E-state index in [1.54, 1.807) is 0 Å². The van der Waals surface area contributed by atoms with Crippen LogP contribution in [0.3, 0.4) is 0 Å². The fourth-order valence-electron chi connectivity index (χ4n) is 0.654. The molecular formula is C5H10N2S. The predicted octanol–water partition coefficient (Wildman–Crippen LogP) is 0.481. The summed E-state index contributed by atoms with van der Waals surface area (Å²) >= 11 is 1.84. The number of nitrogens with two attached hydrogens (primary N) is 1. The lowest BCUT2D eigenvalue weighted by Gasteiger charge is -1.91. The summed E-state index contributed by atoms with van der Waals surface area (Å²) in [5.41, 5.74) is 5.31. The minimum atomic E-state index is 0.742. The van der Waals surface area contributed by atoms with Crippen molar-refractivity contribution in [3.63, 3.8) is 0 Å². The van der Waals surface area contributed by atoms with E-state index in [9.17, 15) is 0 Å². The number of aliphatic imine (C=N–C) groups is 1. The Bertz CT molecular complexity index is 101. The Kier molecular flexibility index (Phi) is 2.36. The standard InChI is InChI=1S/C5H10N2S/c6-2-1-5-7-3-4-8-5/h1-4,6H2. The fraction of sp³-hybridized carbons (Fsp3) is 0.800. The number of thioether (sulfide) groups is 1. The summed E-state index contributed by atoms with van der Waals surface area (Å²) in [6.07, 6.45) is 0.977. The molecule has 0 radical (unpaired) electrons. The molecule has 2 nitrogen and oxygen atoms in total. The quantitative estimate of drug-likeness (QED) is 0.590. The molecule has 1 rings (SSSR count). The molecule has 0 aromatic carbocycles. The monoisotopic (exact) mass is 130 g/mol. The molecular weight excluding hydrogens is 120 g/mol. The number of hydrogen-bond donors (Lipinski definition) is 1. The van der Waals surface area contributed by atoms with E-state index < -0.39 is 0 Å². The van der Waals surface area contributed by atoms with Crippen LogP contribution in [0.15, 0.2) is 4.99 Å². The molecule has 1 aliphatic rings. The molecule has 46 valence electrons. The van der Waals surface area contributed by atoms with Crippen molar-refractivity contribution in [3.05, 3.63) is 0 Å². The van der Waals surface area contributed by atoms with E-state index in [4.69, 9.17) is 5.73 Å². The van der Waals surface area contributed by atoms with Crippen molar-refractivity contribution in [1.82, 2.24) is 0 Å². The van der Waals surface area contributed by atoms with E-state index in [0.29, 0.717) is 0 Å². The second-order valence-electron chi connectivity index (χ2n) is 1.66. The maximum atomic E-state index is 5.31. The van der Waals surface area contributed by atoms with Gasteiger partial charge in [-0.2, -0.15) is 0 Å². The molecule has 1 heterocycles. The van der Waals surface area contributed by atoms with Gasteiger partial charge in [-0.1, -0.05) is 0 Å². The summed E-state index contributed by atoms with van der Waals surface area (Å²) in [5, 5.41) is 1.24. The van der Waals surface area contributed by atoms with Crippen molar-refractivity contribution in [2.24, 2.45) is 10.7 Å². The van der Waals surface area contributed by atoms with Crippen LogP contribution in [0.1, 0.15) is 6.42 Å². The minimum Gasteiger partial charge on any atom is -0.330 e. The maximum Gasteiger partial charge on any atom is 0.0689 e. The van der Waals surface area contributed by atoms with Gasteiger partial charge < -0.3 is 5.73 Å². The summed E-state index contributed by atoms with van der Waals surface area (Å²) in [6, 6.07) is 0. The summed E-state index contributed by atoms with van der Waals surface area (Å²) in [4.78, 5) is 4.23. The van der Waals surface area contributed by atoms with Gasteiger partial charge in [0, 0.05) is 18.7 Å². The number of rotatable bonds is 2. The molecule has 0 unspecified atom stereocenters. The summed E-state index contributed by atoms with van der Waals surface area (Å²) in [5.74, 6) is 1.16. The van der Waals surface area contributed by atoms with Crippen LogP contribution < -0.4 is 5.73 Å². The van der Waals surface area contributed by atoms with Crippen LogP contribution in [0.2, 0.25) is 0 Å². The van der Waals surface area contributed by atoms with Gasteiger partial charge in [0.05, 0.1) is 5.04 Å². The molecule has 0 saturated heterocycles. The van der Waals surface area contributed by atoms with E-state index in [1.165, 1.54) is 5.04 Å². The van der Waals surface area contributed by atoms with Crippen molar-refractivity contribution in [2.75, 3.05) is 18.8 Å². The van der Waals surface area contributed by atoms with E-state index in [-0.39, 0.29) is 0 Å². The molecule has 0 spiro atoms. The first-order valence-electron chi connectivity index (χ1n) is 2.79. The Morgan fingerprint density at radius 2 is 2.62 bits per heavy atom. The molecule has 0 atom stereocenters. The van der Waals surface area contributed by atoms with Gasteiger partial charge in [0.25, 0.3) is 0 Å². The Balaban J connectivity index is 2.23. The molecule has 0 aromatic heterocycles. The second kappa shape index (κ2) is 3.10. The average Bonchev–Trinajstić information content (AvgIpc) is 2.19. The van der Waals surface area contributed by atoms with E-state index in [0.717, 1.165) is 25.3 Å². The smallest absolute Gasteiger partial charge is 0.0689 e. The van der Waals surface area contributed by atoms with Gasteiger partial charge in [-0.3, -0.25) is 4.99 Å². The van der Waals surface area contributed by atoms with Crippen molar-refractivity contribution in [1.29, 1.82) is 0 Å². The molecule has 0 aromatic rings. The normalized spacial score (nSPS) is 18.9. The van der Waals surface area contributed by atoms with Crippen molar-refractivity contribution >= 4 is 16.8 Å².